The van der Waals surface area contributed by atoms with Gasteiger partial charge in [0, 0.05) is 23.5 Å². The lowest BCUT2D eigenvalue weighted by molar-refractivity contribution is 0.546. The number of benzene rings is 1. The van der Waals surface area contributed by atoms with Crippen LogP contribution in [0.1, 0.15) is 45.0 Å². The highest BCUT2D eigenvalue weighted by Gasteiger charge is 2.25. The van der Waals surface area contributed by atoms with E-state index in [4.69, 9.17) is 21.6 Å². The van der Waals surface area contributed by atoms with Crippen molar-refractivity contribution in [3.8, 4) is 0 Å². The molecule has 0 amide bonds. The first kappa shape index (κ1) is 17.3. The molecule has 1 saturated heterocycles. The maximum atomic E-state index is 6.01. The van der Waals surface area contributed by atoms with Gasteiger partial charge >= 0.3 is 0 Å². The number of hydrogen-bond donors (Lipinski definition) is 0. The summed E-state index contributed by atoms with van der Waals surface area (Å²) in [6.07, 6.45) is 4.30. The SMILES string of the molecule is CC(C)(C)c1nc(N2CCCC2)c2ncn(Cc3ccc(Cl)cc3)c2n1. The second-order valence-corrected chi connectivity index (χ2v) is 8.42. The second-order valence-electron chi connectivity index (χ2n) is 7.99. The van der Waals surface area contributed by atoms with Gasteiger partial charge in [0.2, 0.25) is 0 Å². The van der Waals surface area contributed by atoms with Crippen LogP contribution in [0.2, 0.25) is 5.02 Å². The Balaban J connectivity index is 1.82. The molecule has 4 rings (SSSR count). The standard InChI is InChI=1S/C20H24ClN5/c1-20(2,3)19-23-17(25-10-4-5-11-25)16-18(24-19)26(13-22-16)12-14-6-8-15(21)9-7-14/h6-9,13H,4-5,10-12H2,1-3H3. The van der Waals surface area contributed by atoms with E-state index < -0.39 is 0 Å². The van der Waals surface area contributed by atoms with Gasteiger partial charge in [0.15, 0.2) is 17.0 Å². The van der Waals surface area contributed by atoms with Crippen LogP contribution >= 0.6 is 11.6 Å². The molecule has 0 spiro atoms. The zero-order valence-corrected chi connectivity index (χ0v) is 16.3. The lowest BCUT2D eigenvalue weighted by Gasteiger charge is -2.22. The van der Waals surface area contributed by atoms with Crippen LogP contribution in [0.15, 0.2) is 30.6 Å². The molecule has 2 aromatic heterocycles. The van der Waals surface area contributed by atoms with E-state index in [0.29, 0.717) is 6.54 Å². The molecule has 3 aromatic rings. The molecular formula is C20H24ClN5. The smallest absolute Gasteiger partial charge is 0.166 e. The number of fused-ring (bicyclic) bond motifs is 1. The topological polar surface area (TPSA) is 46.8 Å². The van der Waals surface area contributed by atoms with Gasteiger partial charge < -0.3 is 9.47 Å². The van der Waals surface area contributed by atoms with E-state index in [1.165, 1.54) is 18.4 Å². The summed E-state index contributed by atoms with van der Waals surface area (Å²) < 4.78 is 2.11. The highest BCUT2D eigenvalue weighted by molar-refractivity contribution is 6.30. The average Bonchev–Trinajstić information content (AvgIpc) is 3.26. The molecule has 136 valence electrons. The third-order valence-corrected chi connectivity index (χ3v) is 5.04. The molecule has 0 aliphatic carbocycles. The molecule has 0 atom stereocenters. The van der Waals surface area contributed by atoms with Crippen LogP contribution in [0.4, 0.5) is 5.82 Å². The second kappa shape index (κ2) is 6.54. The van der Waals surface area contributed by atoms with Crippen LogP contribution in [0.3, 0.4) is 0 Å². The predicted octanol–water partition coefficient (Wildman–Crippen LogP) is 4.43. The molecule has 0 saturated carbocycles. The Bertz CT molecular complexity index is 918. The molecule has 0 N–H and O–H groups in total. The molecule has 5 nitrogen and oxygen atoms in total. The van der Waals surface area contributed by atoms with Crippen molar-refractivity contribution >= 4 is 28.6 Å². The summed E-state index contributed by atoms with van der Waals surface area (Å²) in [6.45, 7) is 9.26. The van der Waals surface area contributed by atoms with Crippen molar-refractivity contribution in [2.45, 2.75) is 45.6 Å². The van der Waals surface area contributed by atoms with E-state index in [9.17, 15) is 0 Å². The summed E-state index contributed by atoms with van der Waals surface area (Å²) in [7, 11) is 0. The van der Waals surface area contributed by atoms with Gasteiger partial charge in [0.1, 0.15) is 5.82 Å². The highest BCUT2D eigenvalue weighted by Crippen LogP contribution is 2.29. The van der Waals surface area contributed by atoms with Gasteiger partial charge in [-0.2, -0.15) is 0 Å². The molecule has 1 aromatic carbocycles. The fourth-order valence-corrected chi connectivity index (χ4v) is 3.44. The Morgan fingerprint density at radius 1 is 1.04 bits per heavy atom. The van der Waals surface area contributed by atoms with Crippen molar-refractivity contribution < 1.29 is 0 Å². The molecule has 0 bridgehead atoms. The first-order chi connectivity index (χ1) is 12.4. The first-order valence-corrected chi connectivity index (χ1v) is 9.52. The van der Waals surface area contributed by atoms with E-state index in [2.05, 4.69) is 35.2 Å². The van der Waals surface area contributed by atoms with Crippen molar-refractivity contribution in [2.24, 2.45) is 0 Å². The Kier molecular flexibility index (Phi) is 4.35. The van der Waals surface area contributed by atoms with Crippen molar-refractivity contribution in [1.29, 1.82) is 0 Å². The van der Waals surface area contributed by atoms with Gasteiger partial charge in [-0.05, 0) is 30.5 Å². The van der Waals surface area contributed by atoms with E-state index in [-0.39, 0.29) is 5.41 Å². The minimum Gasteiger partial charge on any atom is -0.355 e. The van der Waals surface area contributed by atoms with E-state index >= 15 is 0 Å². The summed E-state index contributed by atoms with van der Waals surface area (Å²) in [4.78, 5) is 16.8. The molecule has 1 aliphatic heterocycles. The van der Waals surface area contributed by atoms with Crippen LogP contribution < -0.4 is 4.90 Å². The number of nitrogens with zero attached hydrogens (tertiary/aromatic N) is 5. The molecular weight excluding hydrogens is 346 g/mol. The van der Waals surface area contributed by atoms with Crippen LogP contribution in [0.5, 0.6) is 0 Å². The maximum Gasteiger partial charge on any atom is 0.166 e. The minimum atomic E-state index is -0.113. The number of imidazole rings is 1. The van der Waals surface area contributed by atoms with Gasteiger partial charge in [0.25, 0.3) is 0 Å². The molecule has 6 heteroatoms. The number of rotatable bonds is 3. The van der Waals surface area contributed by atoms with Crippen LogP contribution in [0, 0.1) is 0 Å². The van der Waals surface area contributed by atoms with Gasteiger partial charge in [-0.15, -0.1) is 0 Å². The molecule has 0 unspecified atom stereocenters. The van der Waals surface area contributed by atoms with Crippen molar-refractivity contribution in [2.75, 3.05) is 18.0 Å². The third-order valence-electron chi connectivity index (χ3n) is 4.79. The number of aromatic nitrogens is 4. The fourth-order valence-electron chi connectivity index (χ4n) is 3.32. The first-order valence-electron chi connectivity index (χ1n) is 9.14. The number of halogens is 1. The summed E-state index contributed by atoms with van der Waals surface area (Å²) >= 11 is 6.01. The van der Waals surface area contributed by atoms with Crippen molar-refractivity contribution in [1.82, 2.24) is 19.5 Å². The fraction of sp³-hybridized carbons (Fsp3) is 0.450. The summed E-state index contributed by atoms with van der Waals surface area (Å²) in [6, 6.07) is 7.92. The Labute approximate surface area is 159 Å². The summed E-state index contributed by atoms with van der Waals surface area (Å²) in [5, 5.41) is 0.748. The van der Waals surface area contributed by atoms with Crippen LogP contribution in [-0.4, -0.2) is 32.6 Å². The highest BCUT2D eigenvalue weighted by atomic mass is 35.5. The number of hydrogen-bond acceptors (Lipinski definition) is 4. The quantitative estimate of drug-likeness (QED) is 0.685. The molecule has 3 heterocycles. The molecule has 1 fully saturated rings. The van der Waals surface area contributed by atoms with E-state index in [1.807, 2.05) is 30.6 Å². The van der Waals surface area contributed by atoms with E-state index in [0.717, 1.165) is 40.9 Å². The summed E-state index contributed by atoms with van der Waals surface area (Å²) in [5.41, 5.74) is 2.86. The van der Waals surface area contributed by atoms with E-state index in [1.54, 1.807) is 0 Å². The van der Waals surface area contributed by atoms with Crippen molar-refractivity contribution in [3.05, 3.63) is 47.0 Å². The Morgan fingerprint density at radius 2 is 1.73 bits per heavy atom. The summed E-state index contributed by atoms with van der Waals surface area (Å²) in [5.74, 6) is 1.84. The molecule has 26 heavy (non-hydrogen) atoms. The van der Waals surface area contributed by atoms with Gasteiger partial charge in [0.05, 0.1) is 12.9 Å². The van der Waals surface area contributed by atoms with Crippen LogP contribution in [-0.2, 0) is 12.0 Å². The van der Waals surface area contributed by atoms with Crippen molar-refractivity contribution in [3.63, 3.8) is 0 Å². The van der Waals surface area contributed by atoms with Crippen LogP contribution in [0.25, 0.3) is 11.2 Å². The molecule has 0 radical (unpaired) electrons. The minimum absolute atomic E-state index is 0.113. The average molecular weight is 370 g/mol. The Hall–Kier alpha value is -2.14. The normalized spacial score (nSPS) is 15.2. The van der Waals surface area contributed by atoms with Gasteiger partial charge in [-0.3, -0.25) is 0 Å². The molecule has 1 aliphatic rings. The lowest BCUT2D eigenvalue weighted by Crippen LogP contribution is -2.23. The third kappa shape index (κ3) is 3.28. The van der Waals surface area contributed by atoms with Gasteiger partial charge in [-0.25, -0.2) is 15.0 Å². The predicted molar refractivity (Wildman–Crippen MR) is 106 cm³/mol. The monoisotopic (exact) mass is 369 g/mol. The maximum absolute atomic E-state index is 6.01. The zero-order chi connectivity index (χ0) is 18.3. The van der Waals surface area contributed by atoms with Gasteiger partial charge in [-0.1, -0.05) is 44.5 Å². The number of anilines is 1. The Morgan fingerprint density at radius 3 is 2.38 bits per heavy atom. The largest absolute Gasteiger partial charge is 0.355 e. The zero-order valence-electron chi connectivity index (χ0n) is 15.5. The lowest BCUT2D eigenvalue weighted by atomic mass is 9.96.